The molecule has 3 rings (SSSR count). The van der Waals surface area contributed by atoms with E-state index in [4.69, 9.17) is 5.26 Å². The van der Waals surface area contributed by atoms with Crippen LogP contribution in [-0.2, 0) is 4.79 Å². The number of thioether (sulfide) groups is 1. The first kappa shape index (κ1) is 15.8. The molecule has 0 aliphatic heterocycles. The van der Waals surface area contributed by atoms with Gasteiger partial charge in [-0.15, -0.1) is 0 Å². The lowest BCUT2D eigenvalue weighted by atomic mass is 10.2. The minimum absolute atomic E-state index is 0.0953. The molecule has 0 fully saturated rings. The van der Waals surface area contributed by atoms with Crippen molar-refractivity contribution in [3.63, 3.8) is 0 Å². The van der Waals surface area contributed by atoms with Crippen LogP contribution in [0.1, 0.15) is 5.56 Å². The SMILES string of the molecule is N#Cc1cccc(NC(=O)CSc2nc3ccccc3c(=O)[nH]2)c1. The molecule has 7 heteroatoms. The van der Waals surface area contributed by atoms with E-state index in [0.29, 0.717) is 27.3 Å². The van der Waals surface area contributed by atoms with Crippen molar-refractivity contribution in [2.75, 3.05) is 11.1 Å². The Morgan fingerprint density at radius 2 is 2.08 bits per heavy atom. The van der Waals surface area contributed by atoms with Crippen molar-refractivity contribution in [2.45, 2.75) is 5.16 Å². The fourth-order valence-corrected chi connectivity index (χ4v) is 2.80. The van der Waals surface area contributed by atoms with Crippen LogP contribution in [-0.4, -0.2) is 21.6 Å². The van der Waals surface area contributed by atoms with Crippen LogP contribution in [0.2, 0.25) is 0 Å². The Labute approximate surface area is 141 Å². The van der Waals surface area contributed by atoms with Crippen molar-refractivity contribution in [1.29, 1.82) is 5.26 Å². The van der Waals surface area contributed by atoms with Gasteiger partial charge in [-0.2, -0.15) is 5.26 Å². The second-order valence-corrected chi connectivity index (χ2v) is 5.88. The molecular weight excluding hydrogens is 324 g/mol. The van der Waals surface area contributed by atoms with Crippen LogP contribution in [0.3, 0.4) is 0 Å². The highest BCUT2D eigenvalue weighted by atomic mass is 32.2. The highest BCUT2D eigenvalue weighted by Crippen LogP contribution is 2.16. The van der Waals surface area contributed by atoms with E-state index in [1.807, 2.05) is 6.07 Å². The predicted octanol–water partition coefficient (Wildman–Crippen LogP) is 2.53. The number of para-hydroxylation sites is 1. The zero-order chi connectivity index (χ0) is 16.9. The van der Waals surface area contributed by atoms with E-state index in [-0.39, 0.29) is 17.2 Å². The molecule has 24 heavy (non-hydrogen) atoms. The predicted molar refractivity (Wildman–Crippen MR) is 92.9 cm³/mol. The first-order valence-corrected chi connectivity index (χ1v) is 8.06. The summed E-state index contributed by atoms with van der Waals surface area (Å²) in [6.07, 6.45) is 0. The Morgan fingerprint density at radius 3 is 2.92 bits per heavy atom. The summed E-state index contributed by atoms with van der Waals surface area (Å²) in [5, 5.41) is 12.5. The highest BCUT2D eigenvalue weighted by Gasteiger charge is 2.08. The van der Waals surface area contributed by atoms with Gasteiger partial charge in [-0.25, -0.2) is 4.98 Å². The van der Waals surface area contributed by atoms with E-state index in [2.05, 4.69) is 15.3 Å². The first-order valence-electron chi connectivity index (χ1n) is 7.07. The Hall–Kier alpha value is -3.11. The van der Waals surface area contributed by atoms with Crippen molar-refractivity contribution in [2.24, 2.45) is 0 Å². The van der Waals surface area contributed by atoms with Gasteiger partial charge in [0.25, 0.3) is 5.56 Å². The number of aromatic nitrogens is 2. The molecule has 6 nitrogen and oxygen atoms in total. The summed E-state index contributed by atoms with van der Waals surface area (Å²) >= 11 is 1.14. The van der Waals surface area contributed by atoms with Crippen molar-refractivity contribution in [1.82, 2.24) is 9.97 Å². The van der Waals surface area contributed by atoms with E-state index in [1.165, 1.54) is 0 Å². The quantitative estimate of drug-likeness (QED) is 0.563. The number of H-pyrrole nitrogens is 1. The third-order valence-electron chi connectivity index (χ3n) is 3.21. The zero-order valence-electron chi connectivity index (χ0n) is 12.4. The van der Waals surface area contributed by atoms with Crippen LogP contribution < -0.4 is 10.9 Å². The lowest BCUT2D eigenvalue weighted by Gasteiger charge is -2.05. The maximum absolute atomic E-state index is 12.0. The van der Waals surface area contributed by atoms with Crippen LogP contribution in [0.4, 0.5) is 5.69 Å². The molecule has 118 valence electrons. The lowest BCUT2D eigenvalue weighted by Crippen LogP contribution is -2.15. The van der Waals surface area contributed by atoms with Crippen LogP contribution in [0.5, 0.6) is 0 Å². The molecule has 1 heterocycles. The zero-order valence-corrected chi connectivity index (χ0v) is 13.3. The number of benzene rings is 2. The van der Waals surface area contributed by atoms with Gasteiger partial charge in [-0.1, -0.05) is 30.0 Å². The van der Waals surface area contributed by atoms with Gasteiger partial charge in [0.05, 0.1) is 28.3 Å². The lowest BCUT2D eigenvalue weighted by molar-refractivity contribution is -0.113. The number of nitriles is 1. The van der Waals surface area contributed by atoms with Gasteiger partial charge in [0.1, 0.15) is 0 Å². The van der Waals surface area contributed by atoms with E-state index in [0.717, 1.165) is 11.8 Å². The summed E-state index contributed by atoms with van der Waals surface area (Å²) in [6, 6.07) is 15.7. The van der Waals surface area contributed by atoms with Gasteiger partial charge in [0.15, 0.2) is 5.16 Å². The van der Waals surface area contributed by atoms with E-state index in [1.54, 1.807) is 48.5 Å². The van der Waals surface area contributed by atoms with Gasteiger partial charge in [-0.3, -0.25) is 9.59 Å². The molecule has 1 aromatic heterocycles. The number of rotatable bonds is 4. The molecule has 1 amide bonds. The number of nitrogens with one attached hydrogen (secondary N) is 2. The minimum Gasteiger partial charge on any atom is -0.325 e. The molecule has 0 aliphatic rings. The number of nitrogens with zero attached hydrogens (tertiary/aromatic N) is 2. The molecule has 0 atom stereocenters. The fraction of sp³-hybridized carbons (Fsp3) is 0.0588. The van der Waals surface area contributed by atoms with Crippen LogP contribution in [0.15, 0.2) is 58.5 Å². The monoisotopic (exact) mass is 336 g/mol. The largest absolute Gasteiger partial charge is 0.325 e. The summed E-state index contributed by atoms with van der Waals surface area (Å²) in [6.45, 7) is 0. The summed E-state index contributed by atoms with van der Waals surface area (Å²) < 4.78 is 0. The average molecular weight is 336 g/mol. The Kier molecular flexibility index (Phi) is 4.59. The van der Waals surface area contributed by atoms with Crippen LogP contribution in [0, 0.1) is 11.3 Å². The molecular formula is C17H12N4O2S. The van der Waals surface area contributed by atoms with Gasteiger partial charge in [0, 0.05) is 5.69 Å². The van der Waals surface area contributed by atoms with Crippen molar-refractivity contribution in [3.8, 4) is 6.07 Å². The minimum atomic E-state index is -0.245. The fourth-order valence-electron chi connectivity index (χ4n) is 2.13. The average Bonchev–Trinajstić information content (AvgIpc) is 2.60. The standard InChI is InChI=1S/C17H12N4O2S/c18-9-11-4-3-5-12(8-11)19-15(22)10-24-17-20-14-7-2-1-6-13(14)16(23)21-17/h1-8H,10H2,(H,19,22)(H,20,21,23). The molecule has 2 N–H and O–H groups in total. The summed E-state index contributed by atoms with van der Waals surface area (Å²) in [5.74, 6) is -0.149. The van der Waals surface area contributed by atoms with Crippen molar-refractivity contribution < 1.29 is 4.79 Å². The molecule has 2 aromatic carbocycles. The Morgan fingerprint density at radius 1 is 1.25 bits per heavy atom. The van der Waals surface area contributed by atoms with Gasteiger partial charge in [-0.05, 0) is 30.3 Å². The van der Waals surface area contributed by atoms with Gasteiger partial charge >= 0.3 is 0 Å². The number of hydrogen-bond acceptors (Lipinski definition) is 5. The van der Waals surface area contributed by atoms with Crippen molar-refractivity contribution in [3.05, 3.63) is 64.4 Å². The first-order chi connectivity index (χ1) is 11.7. The number of carbonyl (C=O) groups is 1. The van der Waals surface area contributed by atoms with E-state index < -0.39 is 0 Å². The smallest absolute Gasteiger partial charge is 0.259 e. The second-order valence-electron chi connectivity index (χ2n) is 4.92. The Bertz CT molecular complexity index is 1010. The van der Waals surface area contributed by atoms with Crippen LogP contribution >= 0.6 is 11.8 Å². The maximum atomic E-state index is 12.0. The second kappa shape index (κ2) is 6.98. The van der Waals surface area contributed by atoms with E-state index in [9.17, 15) is 9.59 Å². The summed E-state index contributed by atoms with van der Waals surface area (Å²) in [5.41, 5.74) is 1.39. The van der Waals surface area contributed by atoms with Crippen molar-refractivity contribution >= 4 is 34.3 Å². The highest BCUT2D eigenvalue weighted by molar-refractivity contribution is 7.99. The van der Waals surface area contributed by atoms with Gasteiger partial charge in [0.2, 0.25) is 5.91 Å². The molecule has 0 radical (unpaired) electrons. The number of carbonyl (C=O) groups excluding carboxylic acids is 1. The number of aromatic amines is 1. The molecule has 0 saturated heterocycles. The number of hydrogen-bond donors (Lipinski definition) is 2. The molecule has 0 unspecified atom stereocenters. The van der Waals surface area contributed by atoms with Crippen LogP contribution in [0.25, 0.3) is 10.9 Å². The normalized spacial score (nSPS) is 10.3. The molecule has 0 aliphatic carbocycles. The third kappa shape index (κ3) is 3.62. The third-order valence-corrected chi connectivity index (χ3v) is 4.08. The topological polar surface area (TPSA) is 98.6 Å². The number of anilines is 1. The molecule has 0 saturated carbocycles. The van der Waals surface area contributed by atoms with Gasteiger partial charge < -0.3 is 10.3 Å². The Balaban J connectivity index is 1.68. The maximum Gasteiger partial charge on any atom is 0.259 e. The molecule has 3 aromatic rings. The number of amides is 1. The summed E-state index contributed by atoms with van der Waals surface area (Å²) in [4.78, 5) is 31.0. The van der Waals surface area contributed by atoms with E-state index >= 15 is 0 Å². The summed E-state index contributed by atoms with van der Waals surface area (Å²) in [7, 11) is 0. The molecule has 0 spiro atoms. The molecule has 0 bridgehead atoms. The number of fused-ring (bicyclic) bond motifs is 1.